The Kier molecular flexibility index (Phi) is 6.45. The van der Waals surface area contributed by atoms with Crippen molar-refractivity contribution in [3.8, 4) is 0 Å². The summed E-state index contributed by atoms with van der Waals surface area (Å²) < 4.78 is 26.9. The first-order chi connectivity index (χ1) is 15.4. The van der Waals surface area contributed by atoms with Gasteiger partial charge in [-0.15, -0.1) is 0 Å². The second kappa shape index (κ2) is 9.44. The van der Waals surface area contributed by atoms with Crippen LogP contribution in [0.4, 0.5) is 13.6 Å². The van der Waals surface area contributed by atoms with Gasteiger partial charge in [0.25, 0.3) is 5.91 Å². The largest absolute Gasteiger partial charge is 0.340 e. The number of nitrogens with zero attached hydrogens (tertiary/aromatic N) is 2. The molecule has 2 aromatic carbocycles. The minimum atomic E-state index is -0.672. The van der Waals surface area contributed by atoms with Crippen LogP contribution >= 0.6 is 0 Å². The molecular weight excluding hydrogens is 418 g/mol. The highest BCUT2D eigenvalue weighted by molar-refractivity contribution is 6.04. The summed E-state index contributed by atoms with van der Waals surface area (Å²) in [5, 5.41) is 4.66. The van der Waals surface area contributed by atoms with Gasteiger partial charge in [0.15, 0.2) is 0 Å². The highest BCUT2D eigenvalue weighted by Crippen LogP contribution is 2.30. The van der Waals surface area contributed by atoms with Crippen LogP contribution in [0.25, 0.3) is 0 Å². The molecule has 0 spiro atoms. The summed E-state index contributed by atoms with van der Waals surface area (Å²) in [6, 6.07) is 11.1. The predicted molar refractivity (Wildman–Crippen MR) is 112 cm³/mol. The molecule has 0 saturated carbocycles. The third kappa shape index (κ3) is 4.94. The van der Waals surface area contributed by atoms with Crippen molar-refractivity contribution in [1.29, 1.82) is 0 Å². The molecule has 32 heavy (non-hydrogen) atoms. The second-order valence-electron chi connectivity index (χ2n) is 7.98. The van der Waals surface area contributed by atoms with Gasteiger partial charge >= 0.3 is 6.03 Å². The molecule has 7 nitrogen and oxygen atoms in total. The number of carbonyl (C=O) groups is 3. The van der Waals surface area contributed by atoms with E-state index in [4.69, 9.17) is 0 Å². The first kappa shape index (κ1) is 21.9. The third-order valence-corrected chi connectivity index (χ3v) is 5.91. The fourth-order valence-corrected chi connectivity index (χ4v) is 4.22. The van der Waals surface area contributed by atoms with Crippen molar-refractivity contribution in [2.24, 2.45) is 0 Å². The molecule has 0 aromatic heterocycles. The molecule has 2 aliphatic heterocycles. The monoisotopic (exact) mass is 442 g/mol. The molecule has 2 fully saturated rings. The molecule has 4 amide bonds. The Labute approximate surface area is 184 Å². The van der Waals surface area contributed by atoms with Crippen LogP contribution in [-0.4, -0.2) is 59.9 Å². The Bertz CT molecular complexity index is 944. The van der Waals surface area contributed by atoms with Crippen molar-refractivity contribution in [2.75, 3.05) is 26.2 Å². The average Bonchev–Trinajstić information content (AvgIpc) is 3.12. The first-order valence-corrected chi connectivity index (χ1v) is 10.5. The zero-order valence-corrected chi connectivity index (χ0v) is 17.4. The fourth-order valence-electron chi connectivity index (χ4n) is 4.22. The van der Waals surface area contributed by atoms with Crippen LogP contribution in [-0.2, 0) is 9.59 Å². The van der Waals surface area contributed by atoms with Gasteiger partial charge < -0.3 is 10.2 Å². The normalized spacial score (nSPS) is 19.2. The van der Waals surface area contributed by atoms with Gasteiger partial charge in [0.05, 0.1) is 6.04 Å². The van der Waals surface area contributed by atoms with E-state index in [1.165, 1.54) is 24.3 Å². The molecule has 0 aliphatic carbocycles. The highest BCUT2D eigenvalue weighted by Gasteiger charge is 2.32. The molecule has 2 aromatic rings. The van der Waals surface area contributed by atoms with Gasteiger partial charge in [0, 0.05) is 32.6 Å². The number of piperazine rings is 1. The summed E-state index contributed by atoms with van der Waals surface area (Å²) in [7, 11) is 0. The average molecular weight is 442 g/mol. The van der Waals surface area contributed by atoms with E-state index in [-0.39, 0.29) is 36.4 Å². The quantitative estimate of drug-likeness (QED) is 0.672. The molecule has 2 aliphatic rings. The second-order valence-corrected chi connectivity index (χ2v) is 7.98. The van der Waals surface area contributed by atoms with Crippen LogP contribution in [0.2, 0.25) is 0 Å². The molecule has 2 heterocycles. The van der Waals surface area contributed by atoms with Gasteiger partial charge in [-0.1, -0.05) is 24.3 Å². The maximum atomic E-state index is 13.5. The van der Waals surface area contributed by atoms with Gasteiger partial charge in [0.2, 0.25) is 5.91 Å². The molecule has 1 atom stereocenters. The fraction of sp³-hybridized carbons (Fsp3) is 0.348. The lowest BCUT2D eigenvalue weighted by Gasteiger charge is -2.40. The zero-order valence-electron chi connectivity index (χ0n) is 17.4. The minimum Gasteiger partial charge on any atom is -0.340 e. The van der Waals surface area contributed by atoms with E-state index in [0.717, 1.165) is 11.1 Å². The maximum absolute atomic E-state index is 13.5. The Morgan fingerprint density at radius 1 is 0.906 bits per heavy atom. The van der Waals surface area contributed by atoms with E-state index in [0.29, 0.717) is 26.2 Å². The molecular formula is C23H24F2N4O3. The molecule has 4 rings (SSSR count). The van der Waals surface area contributed by atoms with Gasteiger partial charge in [0.1, 0.15) is 17.7 Å². The number of hydrogen-bond donors (Lipinski definition) is 2. The summed E-state index contributed by atoms with van der Waals surface area (Å²) in [5.74, 6) is -1.13. The minimum absolute atomic E-state index is 0.0706. The number of rotatable bonds is 6. The molecule has 0 bridgehead atoms. The van der Waals surface area contributed by atoms with Crippen molar-refractivity contribution in [1.82, 2.24) is 20.4 Å². The topological polar surface area (TPSA) is 81.8 Å². The van der Waals surface area contributed by atoms with Gasteiger partial charge in [-0.3, -0.25) is 19.8 Å². The SMILES string of the molecule is O=C1NC(=O)[C@H](CCC(=O)N2CCN(C(c3ccc(F)cc3)c3ccc(F)cc3)CC2)N1. The lowest BCUT2D eigenvalue weighted by atomic mass is 9.96. The van der Waals surface area contributed by atoms with Gasteiger partial charge in [-0.05, 0) is 41.8 Å². The number of halogens is 2. The number of nitrogens with one attached hydrogen (secondary N) is 2. The Hall–Kier alpha value is -3.33. The summed E-state index contributed by atoms with van der Waals surface area (Å²) in [6.07, 6.45) is 0.419. The van der Waals surface area contributed by atoms with Crippen molar-refractivity contribution in [2.45, 2.75) is 24.9 Å². The maximum Gasteiger partial charge on any atom is 0.322 e. The first-order valence-electron chi connectivity index (χ1n) is 10.5. The van der Waals surface area contributed by atoms with Gasteiger partial charge in [-0.2, -0.15) is 0 Å². The molecule has 9 heteroatoms. The summed E-state index contributed by atoms with van der Waals surface area (Å²) in [4.78, 5) is 39.4. The number of carbonyl (C=O) groups excluding carboxylic acids is 3. The zero-order chi connectivity index (χ0) is 22.7. The number of imide groups is 1. The van der Waals surface area contributed by atoms with E-state index < -0.39 is 18.0 Å². The lowest BCUT2D eigenvalue weighted by molar-refractivity contribution is -0.133. The van der Waals surface area contributed by atoms with Crippen molar-refractivity contribution in [3.63, 3.8) is 0 Å². The molecule has 2 N–H and O–H groups in total. The van der Waals surface area contributed by atoms with E-state index in [2.05, 4.69) is 15.5 Å². The van der Waals surface area contributed by atoms with Crippen LogP contribution in [0.1, 0.15) is 30.0 Å². The van der Waals surface area contributed by atoms with Crippen molar-refractivity contribution in [3.05, 3.63) is 71.3 Å². The molecule has 0 radical (unpaired) electrons. The van der Waals surface area contributed by atoms with Gasteiger partial charge in [-0.25, -0.2) is 13.6 Å². The standard InChI is InChI=1S/C23H24F2N4O3/c24-17-5-1-15(2-6-17)21(16-3-7-18(25)8-4-16)29-13-11-28(12-14-29)20(30)10-9-19-22(31)27-23(32)26-19/h1-8,19,21H,9-14H2,(H2,26,27,31,32)/t19-/m0/s1. The Morgan fingerprint density at radius 3 is 1.91 bits per heavy atom. The van der Waals surface area contributed by atoms with Crippen LogP contribution < -0.4 is 10.6 Å². The van der Waals surface area contributed by atoms with E-state index >= 15 is 0 Å². The van der Waals surface area contributed by atoms with Crippen LogP contribution in [0, 0.1) is 11.6 Å². The summed E-state index contributed by atoms with van der Waals surface area (Å²) >= 11 is 0. The number of amides is 4. The van der Waals surface area contributed by atoms with E-state index in [9.17, 15) is 23.2 Å². The number of urea groups is 1. The summed E-state index contributed by atoms with van der Waals surface area (Å²) in [5.41, 5.74) is 1.78. The van der Waals surface area contributed by atoms with Crippen molar-refractivity contribution < 1.29 is 23.2 Å². The molecule has 2 saturated heterocycles. The molecule has 168 valence electrons. The molecule has 0 unspecified atom stereocenters. The highest BCUT2D eigenvalue weighted by atomic mass is 19.1. The van der Waals surface area contributed by atoms with E-state index in [1.807, 2.05) is 0 Å². The van der Waals surface area contributed by atoms with Crippen LogP contribution in [0.3, 0.4) is 0 Å². The smallest absolute Gasteiger partial charge is 0.322 e. The predicted octanol–water partition coefficient (Wildman–Crippen LogP) is 2.19. The lowest BCUT2D eigenvalue weighted by Crippen LogP contribution is -2.50. The van der Waals surface area contributed by atoms with Crippen LogP contribution in [0.5, 0.6) is 0 Å². The summed E-state index contributed by atoms with van der Waals surface area (Å²) in [6.45, 7) is 2.18. The van der Waals surface area contributed by atoms with Crippen molar-refractivity contribution >= 4 is 17.8 Å². The third-order valence-electron chi connectivity index (χ3n) is 5.91. The van der Waals surface area contributed by atoms with E-state index in [1.54, 1.807) is 29.2 Å². The Balaban J connectivity index is 1.40. The Morgan fingerprint density at radius 2 is 1.44 bits per heavy atom. The van der Waals surface area contributed by atoms with Crippen LogP contribution in [0.15, 0.2) is 48.5 Å². The number of benzene rings is 2. The number of hydrogen-bond acceptors (Lipinski definition) is 4.